The van der Waals surface area contributed by atoms with E-state index in [4.69, 9.17) is 10.5 Å². The molecule has 5 rings (SSSR count). The van der Waals surface area contributed by atoms with Crippen LogP contribution in [-0.2, 0) is 4.79 Å². The van der Waals surface area contributed by atoms with Gasteiger partial charge in [0.05, 0.1) is 18.1 Å². The summed E-state index contributed by atoms with van der Waals surface area (Å²) in [7, 11) is 0. The Morgan fingerprint density at radius 2 is 1.97 bits per heavy atom. The van der Waals surface area contributed by atoms with Gasteiger partial charge in [-0.1, -0.05) is 12.1 Å². The van der Waals surface area contributed by atoms with Crippen molar-refractivity contribution >= 4 is 17.2 Å². The lowest BCUT2D eigenvalue weighted by Crippen LogP contribution is -2.27. The first kappa shape index (κ1) is 20.1. The van der Waals surface area contributed by atoms with Crippen molar-refractivity contribution in [3.8, 4) is 17.1 Å². The fourth-order valence-corrected chi connectivity index (χ4v) is 3.81. The molecule has 0 saturated carbocycles. The molecule has 162 valence electrons. The number of imidazole rings is 1. The number of hydrogen-bond acceptors (Lipinski definition) is 6. The van der Waals surface area contributed by atoms with Crippen LogP contribution in [0.15, 0.2) is 61.1 Å². The van der Waals surface area contributed by atoms with Crippen molar-refractivity contribution in [3.63, 3.8) is 0 Å². The van der Waals surface area contributed by atoms with Crippen molar-refractivity contribution in [2.24, 2.45) is 5.73 Å². The lowest BCUT2D eigenvalue weighted by Gasteiger charge is -2.16. The number of carbonyl (C=O) groups is 1. The molecular weight excluding hydrogens is 411 g/mol. The van der Waals surface area contributed by atoms with Crippen LogP contribution >= 0.6 is 0 Å². The van der Waals surface area contributed by atoms with E-state index in [9.17, 15) is 9.18 Å². The van der Waals surface area contributed by atoms with Gasteiger partial charge < -0.3 is 15.4 Å². The summed E-state index contributed by atoms with van der Waals surface area (Å²) >= 11 is 0. The minimum atomic E-state index is -0.432. The normalized spacial score (nSPS) is 17.2. The average Bonchev–Trinajstić information content (AvgIpc) is 3.36. The second kappa shape index (κ2) is 8.01. The molecule has 0 aliphatic carbocycles. The van der Waals surface area contributed by atoms with E-state index in [0.29, 0.717) is 30.1 Å². The minimum Gasteiger partial charge on any atom is -0.469 e. The summed E-state index contributed by atoms with van der Waals surface area (Å²) in [6, 6.07) is 12.4. The molecule has 1 aliphatic heterocycles. The molecule has 32 heavy (non-hydrogen) atoms. The van der Waals surface area contributed by atoms with Gasteiger partial charge in [0.1, 0.15) is 11.9 Å². The van der Waals surface area contributed by atoms with E-state index in [-0.39, 0.29) is 11.9 Å². The number of halogens is 1. The Morgan fingerprint density at radius 1 is 1.16 bits per heavy atom. The second-order valence-corrected chi connectivity index (χ2v) is 7.80. The number of anilines is 1. The molecule has 2 N–H and O–H groups in total. The molecule has 2 atom stereocenters. The van der Waals surface area contributed by atoms with E-state index in [1.165, 1.54) is 6.07 Å². The number of nitrogens with zero attached hydrogens (tertiary/aromatic N) is 5. The van der Waals surface area contributed by atoms with Gasteiger partial charge in [0.2, 0.25) is 11.8 Å². The summed E-state index contributed by atoms with van der Waals surface area (Å²) in [5.41, 5.74) is 9.67. The van der Waals surface area contributed by atoms with Crippen molar-refractivity contribution in [1.82, 2.24) is 19.6 Å². The molecule has 3 aromatic heterocycles. The largest absolute Gasteiger partial charge is 0.469 e. The first-order valence-corrected chi connectivity index (χ1v) is 10.3. The summed E-state index contributed by atoms with van der Waals surface area (Å²) in [6.45, 7) is 2.33. The van der Waals surface area contributed by atoms with E-state index >= 15 is 0 Å². The van der Waals surface area contributed by atoms with Gasteiger partial charge in [-0.15, -0.1) is 5.10 Å². The van der Waals surface area contributed by atoms with Crippen LogP contribution < -0.4 is 15.4 Å². The first-order chi connectivity index (χ1) is 15.5. The van der Waals surface area contributed by atoms with Crippen molar-refractivity contribution in [2.75, 3.05) is 11.4 Å². The number of ether oxygens (including phenoxy) is 1. The summed E-state index contributed by atoms with van der Waals surface area (Å²) in [4.78, 5) is 22.1. The molecule has 0 radical (unpaired) electrons. The maximum Gasteiger partial charge on any atom is 0.232 e. The van der Waals surface area contributed by atoms with Crippen LogP contribution in [0.25, 0.3) is 16.9 Å². The molecule has 0 spiro atoms. The van der Waals surface area contributed by atoms with Crippen LogP contribution in [0, 0.1) is 5.82 Å². The number of pyridine rings is 1. The highest BCUT2D eigenvalue weighted by Gasteiger charge is 2.28. The number of nitrogens with two attached hydrogens (primary N) is 1. The van der Waals surface area contributed by atoms with Crippen LogP contribution in [0.4, 0.5) is 10.1 Å². The maximum absolute atomic E-state index is 13.5. The van der Waals surface area contributed by atoms with E-state index in [0.717, 1.165) is 23.1 Å². The van der Waals surface area contributed by atoms with E-state index in [2.05, 4.69) is 15.1 Å². The van der Waals surface area contributed by atoms with Crippen molar-refractivity contribution < 1.29 is 13.9 Å². The number of rotatable bonds is 5. The van der Waals surface area contributed by atoms with E-state index in [1.54, 1.807) is 40.9 Å². The summed E-state index contributed by atoms with van der Waals surface area (Å²) in [5, 5.41) is 4.56. The standard InChI is InChI=1S/C23H21FN6O2/c1-14(16-8-17(24)11-26-10-16)32-22-7-6-21-27-12-20(30(21)28-22)15-2-4-19(5-3-15)29-13-18(25)9-23(29)31/h2-8,10-12,14,18H,9,13,25H2,1H3/t14?,18-/m0/s1. The second-order valence-electron chi connectivity index (χ2n) is 7.80. The highest BCUT2D eigenvalue weighted by atomic mass is 19.1. The Labute approximate surface area is 183 Å². The predicted molar refractivity (Wildman–Crippen MR) is 117 cm³/mol. The Kier molecular flexibility index (Phi) is 5.02. The fraction of sp³-hybridized carbons (Fsp3) is 0.217. The molecule has 4 heterocycles. The third-order valence-electron chi connectivity index (χ3n) is 5.46. The van der Waals surface area contributed by atoms with Gasteiger partial charge in [-0.05, 0) is 31.2 Å². The fourth-order valence-electron chi connectivity index (χ4n) is 3.81. The third kappa shape index (κ3) is 3.78. The predicted octanol–water partition coefficient (Wildman–Crippen LogP) is 3.13. The van der Waals surface area contributed by atoms with Crippen molar-refractivity contribution in [2.45, 2.75) is 25.5 Å². The van der Waals surface area contributed by atoms with Gasteiger partial charge in [0.15, 0.2) is 5.65 Å². The highest BCUT2D eigenvalue weighted by molar-refractivity contribution is 5.96. The number of benzene rings is 1. The number of aromatic nitrogens is 4. The Hall–Kier alpha value is -3.85. The van der Waals surface area contributed by atoms with Crippen molar-refractivity contribution in [3.05, 3.63) is 72.4 Å². The Morgan fingerprint density at radius 3 is 2.69 bits per heavy atom. The Balaban J connectivity index is 1.41. The van der Waals surface area contributed by atoms with Crippen LogP contribution in [0.3, 0.4) is 0 Å². The SMILES string of the molecule is CC(Oc1ccc2ncc(-c3ccc(N4C[C@@H](N)CC4=O)cc3)n2n1)c1cncc(F)c1. The zero-order chi connectivity index (χ0) is 22.2. The molecule has 9 heteroatoms. The average molecular weight is 432 g/mol. The molecule has 1 unspecified atom stereocenters. The summed E-state index contributed by atoms with van der Waals surface area (Å²) in [5.74, 6) is -0.00720. The highest BCUT2D eigenvalue weighted by Crippen LogP contribution is 2.27. The van der Waals surface area contributed by atoms with Crippen molar-refractivity contribution in [1.29, 1.82) is 0 Å². The molecular formula is C23H21FN6O2. The van der Waals surface area contributed by atoms with E-state index in [1.807, 2.05) is 24.3 Å². The van der Waals surface area contributed by atoms with Gasteiger partial charge in [-0.2, -0.15) is 0 Å². The molecule has 0 bridgehead atoms. The van der Waals surface area contributed by atoms with Crippen LogP contribution in [0.5, 0.6) is 5.88 Å². The smallest absolute Gasteiger partial charge is 0.232 e. The third-order valence-corrected chi connectivity index (χ3v) is 5.46. The van der Waals surface area contributed by atoms with Gasteiger partial charge in [-0.3, -0.25) is 9.78 Å². The van der Waals surface area contributed by atoms with Gasteiger partial charge in [0.25, 0.3) is 0 Å². The summed E-state index contributed by atoms with van der Waals surface area (Å²) < 4.78 is 21.1. The number of fused-ring (bicyclic) bond motifs is 1. The quantitative estimate of drug-likeness (QED) is 0.520. The maximum atomic E-state index is 13.5. The van der Waals surface area contributed by atoms with Crippen LogP contribution in [-0.4, -0.2) is 38.1 Å². The number of amides is 1. The zero-order valence-electron chi connectivity index (χ0n) is 17.4. The zero-order valence-corrected chi connectivity index (χ0v) is 17.4. The van der Waals surface area contributed by atoms with Gasteiger partial charge >= 0.3 is 0 Å². The minimum absolute atomic E-state index is 0.0335. The monoisotopic (exact) mass is 432 g/mol. The molecule has 4 aromatic rings. The van der Waals surface area contributed by atoms with Gasteiger partial charge in [-0.25, -0.2) is 13.9 Å². The van der Waals surface area contributed by atoms with Crippen LogP contribution in [0.1, 0.15) is 25.0 Å². The topological polar surface area (TPSA) is 98.6 Å². The van der Waals surface area contributed by atoms with E-state index < -0.39 is 11.9 Å². The lowest BCUT2D eigenvalue weighted by molar-refractivity contribution is -0.117. The molecule has 1 saturated heterocycles. The van der Waals surface area contributed by atoms with Gasteiger partial charge in [0, 0.05) is 48.1 Å². The summed E-state index contributed by atoms with van der Waals surface area (Å²) in [6.07, 6.45) is 4.38. The Bertz CT molecular complexity index is 1290. The molecule has 1 amide bonds. The first-order valence-electron chi connectivity index (χ1n) is 10.3. The molecule has 1 fully saturated rings. The molecule has 1 aromatic carbocycles. The molecule has 8 nitrogen and oxygen atoms in total. The molecule has 1 aliphatic rings. The number of carbonyl (C=O) groups excluding carboxylic acids is 1. The number of hydrogen-bond donors (Lipinski definition) is 1. The lowest BCUT2D eigenvalue weighted by atomic mass is 10.1. The van der Waals surface area contributed by atoms with Crippen LogP contribution in [0.2, 0.25) is 0 Å².